The topological polar surface area (TPSA) is 21.1 Å². The van der Waals surface area contributed by atoms with Crippen molar-refractivity contribution >= 4 is 0 Å². The first-order chi connectivity index (χ1) is 10.6. The largest absolute Gasteiger partial charge is 0.296 e. The summed E-state index contributed by atoms with van der Waals surface area (Å²) in [4.78, 5) is 2.69. The first kappa shape index (κ1) is 14.0. The molecule has 1 aliphatic carbocycles. The lowest BCUT2D eigenvalue weighted by Crippen LogP contribution is -2.23. The van der Waals surface area contributed by atoms with Crippen molar-refractivity contribution in [3.05, 3.63) is 40.7 Å². The normalized spacial score (nSPS) is 21.5. The number of likely N-dealkylation sites (tertiary alicyclic amines) is 1. The second kappa shape index (κ2) is 5.24. The van der Waals surface area contributed by atoms with E-state index in [4.69, 9.17) is 0 Å². The third kappa shape index (κ3) is 2.11. The number of aromatic nitrogens is 2. The summed E-state index contributed by atoms with van der Waals surface area (Å²) in [6.45, 7) is 6.84. The first-order valence-electron chi connectivity index (χ1n) is 8.52. The number of nitrogens with zero attached hydrogens (tertiary/aromatic N) is 3. The second-order valence-electron chi connectivity index (χ2n) is 6.88. The van der Waals surface area contributed by atoms with Gasteiger partial charge in [-0.15, -0.1) is 0 Å². The van der Waals surface area contributed by atoms with E-state index in [0.717, 1.165) is 5.69 Å². The fraction of sp³-hybridized carbons (Fsp3) is 0.526. The maximum atomic E-state index is 4.58. The van der Waals surface area contributed by atoms with Gasteiger partial charge in [0.1, 0.15) is 0 Å². The van der Waals surface area contributed by atoms with Crippen LogP contribution in [0, 0.1) is 13.8 Å². The Morgan fingerprint density at radius 3 is 2.59 bits per heavy atom. The van der Waals surface area contributed by atoms with Crippen LogP contribution in [-0.2, 0) is 13.5 Å². The van der Waals surface area contributed by atoms with Gasteiger partial charge in [0.2, 0.25) is 0 Å². The molecule has 1 aliphatic heterocycles. The predicted molar refractivity (Wildman–Crippen MR) is 90.0 cm³/mol. The summed E-state index contributed by atoms with van der Waals surface area (Å²) >= 11 is 0. The third-order valence-corrected chi connectivity index (χ3v) is 5.57. The van der Waals surface area contributed by atoms with Gasteiger partial charge in [0.05, 0.1) is 5.69 Å². The molecule has 0 bridgehead atoms. The zero-order valence-corrected chi connectivity index (χ0v) is 13.9. The summed E-state index contributed by atoms with van der Waals surface area (Å²) in [5.74, 6) is 0. The molecule has 2 aliphatic rings. The van der Waals surface area contributed by atoms with Crippen LogP contribution in [0.25, 0.3) is 11.1 Å². The molecule has 0 N–H and O–H groups in total. The Bertz CT molecular complexity index is 708. The summed E-state index contributed by atoms with van der Waals surface area (Å²) in [5.41, 5.74) is 8.18. The fourth-order valence-electron chi connectivity index (χ4n) is 4.36. The van der Waals surface area contributed by atoms with Gasteiger partial charge in [-0.1, -0.05) is 12.1 Å². The maximum absolute atomic E-state index is 4.58. The van der Waals surface area contributed by atoms with Crippen molar-refractivity contribution in [3.63, 3.8) is 0 Å². The lowest BCUT2D eigenvalue weighted by molar-refractivity contribution is 0.245. The van der Waals surface area contributed by atoms with Gasteiger partial charge >= 0.3 is 0 Å². The quantitative estimate of drug-likeness (QED) is 0.840. The number of benzene rings is 1. The van der Waals surface area contributed by atoms with Crippen LogP contribution in [-0.4, -0.2) is 27.8 Å². The Kier molecular flexibility index (Phi) is 3.33. The van der Waals surface area contributed by atoms with Crippen LogP contribution in [0.15, 0.2) is 18.2 Å². The zero-order valence-electron chi connectivity index (χ0n) is 13.9. The molecule has 22 heavy (non-hydrogen) atoms. The number of hydrogen-bond donors (Lipinski definition) is 0. The van der Waals surface area contributed by atoms with Crippen LogP contribution >= 0.6 is 0 Å². The van der Waals surface area contributed by atoms with Gasteiger partial charge in [-0.25, -0.2) is 0 Å². The van der Waals surface area contributed by atoms with Gasteiger partial charge in [0.25, 0.3) is 0 Å². The van der Waals surface area contributed by atoms with Crippen LogP contribution in [0.2, 0.25) is 0 Å². The van der Waals surface area contributed by atoms with Gasteiger partial charge in [-0.05, 0) is 75.4 Å². The van der Waals surface area contributed by atoms with Crippen LogP contribution in [0.1, 0.15) is 47.8 Å². The van der Waals surface area contributed by atoms with E-state index in [1.807, 2.05) is 11.7 Å². The summed E-state index contributed by atoms with van der Waals surface area (Å²) < 4.78 is 2.00. The fourth-order valence-corrected chi connectivity index (χ4v) is 4.36. The average Bonchev–Trinajstić information content (AvgIpc) is 3.19. The van der Waals surface area contributed by atoms with Gasteiger partial charge in [-0.2, -0.15) is 5.10 Å². The minimum atomic E-state index is 0.648. The van der Waals surface area contributed by atoms with Crippen molar-refractivity contribution in [3.8, 4) is 11.1 Å². The van der Waals surface area contributed by atoms with Crippen molar-refractivity contribution in [1.29, 1.82) is 0 Å². The van der Waals surface area contributed by atoms with Crippen LogP contribution < -0.4 is 0 Å². The summed E-state index contributed by atoms with van der Waals surface area (Å²) in [5, 5.41) is 4.58. The molecule has 0 spiro atoms. The molecule has 1 unspecified atom stereocenters. The van der Waals surface area contributed by atoms with Crippen molar-refractivity contribution < 1.29 is 0 Å². The zero-order chi connectivity index (χ0) is 15.3. The van der Waals surface area contributed by atoms with Crippen LogP contribution in [0.4, 0.5) is 0 Å². The number of rotatable bonds is 2. The third-order valence-electron chi connectivity index (χ3n) is 5.57. The van der Waals surface area contributed by atoms with Crippen molar-refractivity contribution in [2.75, 3.05) is 13.1 Å². The molecular formula is C19H25N3. The van der Waals surface area contributed by atoms with E-state index in [1.54, 1.807) is 11.1 Å². The molecule has 116 valence electrons. The maximum Gasteiger partial charge on any atom is 0.0674 e. The average molecular weight is 295 g/mol. The highest BCUT2D eigenvalue weighted by Crippen LogP contribution is 2.40. The Morgan fingerprint density at radius 2 is 1.91 bits per heavy atom. The smallest absolute Gasteiger partial charge is 0.0674 e. The number of fused-ring (bicyclic) bond motifs is 1. The van der Waals surface area contributed by atoms with Gasteiger partial charge in [-0.3, -0.25) is 9.58 Å². The second-order valence-corrected chi connectivity index (χ2v) is 6.88. The molecule has 3 nitrogen and oxygen atoms in total. The molecule has 1 aromatic carbocycles. The minimum absolute atomic E-state index is 0.648. The summed E-state index contributed by atoms with van der Waals surface area (Å²) in [6.07, 6.45) is 5.27. The van der Waals surface area contributed by atoms with Crippen LogP contribution in [0.3, 0.4) is 0 Å². The van der Waals surface area contributed by atoms with E-state index in [9.17, 15) is 0 Å². The van der Waals surface area contributed by atoms with Gasteiger partial charge in [0.15, 0.2) is 0 Å². The Labute approximate surface area is 132 Å². The van der Waals surface area contributed by atoms with Crippen molar-refractivity contribution in [1.82, 2.24) is 14.7 Å². The Morgan fingerprint density at radius 1 is 1.14 bits per heavy atom. The minimum Gasteiger partial charge on any atom is -0.296 e. The molecule has 0 saturated carbocycles. The number of hydrogen-bond acceptors (Lipinski definition) is 2. The molecule has 2 aromatic rings. The van der Waals surface area contributed by atoms with E-state index in [-0.39, 0.29) is 0 Å². The molecule has 1 aromatic heterocycles. The van der Waals surface area contributed by atoms with E-state index < -0.39 is 0 Å². The monoisotopic (exact) mass is 295 g/mol. The highest BCUT2D eigenvalue weighted by molar-refractivity contribution is 5.70. The lowest BCUT2D eigenvalue weighted by Gasteiger charge is -2.24. The van der Waals surface area contributed by atoms with E-state index in [1.165, 1.54) is 55.6 Å². The lowest BCUT2D eigenvalue weighted by atomic mass is 9.97. The molecule has 1 fully saturated rings. The Balaban J connectivity index is 1.76. The molecule has 1 atom stereocenters. The molecule has 4 rings (SSSR count). The predicted octanol–water partition coefficient (Wildman–Crippen LogP) is 3.79. The van der Waals surface area contributed by atoms with Gasteiger partial charge < -0.3 is 0 Å². The molecule has 3 heteroatoms. The molecule has 2 heterocycles. The molecule has 1 saturated heterocycles. The van der Waals surface area contributed by atoms with E-state index in [0.29, 0.717) is 6.04 Å². The van der Waals surface area contributed by atoms with E-state index >= 15 is 0 Å². The van der Waals surface area contributed by atoms with Crippen molar-refractivity contribution in [2.45, 2.75) is 45.6 Å². The first-order valence-corrected chi connectivity index (χ1v) is 8.52. The molecular weight excluding hydrogens is 270 g/mol. The molecule has 0 amide bonds. The summed E-state index contributed by atoms with van der Waals surface area (Å²) in [6, 6.07) is 7.74. The van der Waals surface area contributed by atoms with Crippen molar-refractivity contribution in [2.24, 2.45) is 7.05 Å². The van der Waals surface area contributed by atoms with Crippen LogP contribution in [0.5, 0.6) is 0 Å². The number of aryl methyl sites for hydroxylation is 3. The Hall–Kier alpha value is -1.61. The molecule has 0 radical (unpaired) electrons. The highest BCUT2D eigenvalue weighted by atomic mass is 15.3. The standard InChI is InChI=1S/C19H25N3/c1-13-19(14(2)21(3)20-13)16-7-6-15-8-9-18(17(15)12-16)22-10-4-5-11-22/h6-7,12,18H,4-5,8-11H2,1-3H3. The van der Waals surface area contributed by atoms with Gasteiger partial charge in [0, 0.05) is 24.3 Å². The highest BCUT2D eigenvalue weighted by Gasteiger charge is 2.30. The summed E-state index contributed by atoms with van der Waals surface area (Å²) in [7, 11) is 2.03. The SMILES string of the molecule is Cc1nn(C)c(C)c1-c1ccc2c(c1)C(N1CCCC1)CC2. The van der Waals surface area contributed by atoms with E-state index in [2.05, 4.69) is 42.0 Å².